The second-order valence-electron chi connectivity index (χ2n) is 34.5. The predicted molar refractivity (Wildman–Crippen MR) is 526 cm³/mol. The molecular weight excluding hydrogens is 1900 g/mol. The van der Waals surface area contributed by atoms with Gasteiger partial charge in [-0.05, 0) is 0 Å². The van der Waals surface area contributed by atoms with Crippen LogP contribution in [0.1, 0.15) is 97.8 Å². The van der Waals surface area contributed by atoms with Crippen LogP contribution in [0.3, 0.4) is 0 Å². The van der Waals surface area contributed by atoms with Crippen molar-refractivity contribution in [2.45, 2.75) is 0 Å². The van der Waals surface area contributed by atoms with Crippen molar-refractivity contribution in [2.24, 2.45) is 89.9 Å². The van der Waals surface area contributed by atoms with Crippen LogP contribution in [0.25, 0.3) is 64.6 Å². The number of hydrogen-bond donors (Lipinski definition) is 0. The molecule has 13 aromatic carbocycles. The van der Waals surface area contributed by atoms with Crippen LogP contribution in [0.2, 0.25) is 0 Å². The van der Waals surface area contributed by atoms with E-state index in [0.717, 1.165) is 66.8 Å². The molecule has 6 aromatic heterocycles. The van der Waals surface area contributed by atoms with Gasteiger partial charge in [0, 0.05) is 0 Å². The molecule has 636 valence electrons. The molecule has 0 saturated carbocycles. The Morgan fingerprint density at radius 2 is 0.304 bits per heavy atom. The minimum atomic E-state index is -5.04. The van der Waals surface area contributed by atoms with Crippen molar-refractivity contribution >= 4 is 239 Å². The number of fused-ring (bicyclic) bond motifs is 42. The van der Waals surface area contributed by atoms with Crippen LogP contribution in [0.4, 0.5) is 34.9 Å². The molecule has 18 bridgehead atoms. The third-order valence-corrected chi connectivity index (χ3v) is 41.5. The summed E-state index contributed by atoms with van der Waals surface area (Å²) >= 11 is -15.1. The van der Waals surface area contributed by atoms with Gasteiger partial charge in [-0.2, -0.15) is 0 Å². The Hall–Kier alpha value is -17.7. The maximum absolute atomic E-state index is 17.8. The average Bonchev–Trinajstić information content (AvgIpc) is 1.56. The molecule has 12 aliphatic heterocycles. The van der Waals surface area contributed by atoms with Gasteiger partial charge >= 0.3 is 799 Å². The molecule has 0 atom stereocenters. The summed E-state index contributed by atoms with van der Waals surface area (Å²) in [4.78, 5) is 152. The Balaban J connectivity index is 0.671. The van der Waals surface area contributed by atoms with Gasteiger partial charge in [0.1, 0.15) is 0 Å². The number of amidine groups is 12. The second-order valence-corrected chi connectivity index (χ2v) is 46.6. The van der Waals surface area contributed by atoms with E-state index < -0.39 is 69.1 Å². The number of nitrogens with zero attached hydrogens (tertiary/aromatic N) is 24. The Kier molecular flexibility index (Phi) is 15.5. The number of aromatic nitrogens is 6. The summed E-state index contributed by atoms with van der Waals surface area (Å²) in [5.74, 6) is 3.51. The van der Waals surface area contributed by atoms with E-state index in [1.165, 1.54) is 18.2 Å². The topological polar surface area (TPSA) is 331 Å². The van der Waals surface area contributed by atoms with Gasteiger partial charge in [0.05, 0.1) is 0 Å². The summed E-state index contributed by atoms with van der Waals surface area (Å²) in [6.45, 7) is 0. The molecular formula is C105H51Ga3N24O6. The first-order valence-corrected chi connectivity index (χ1v) is 54.1. The Morgan fingerprint density at radius 3 is 0.464 bits per heavy atom. The van der Waals surface area contributed by atoms with Gasteiger partial charge in [0.25, 0.3) is 0 Å². The van der Waals surface area contributed by atoms with E-state index in [0.29, 0.717) is 202 Å². The minimum absolute atomic E-state index is 0.279. The van der Waals surface area contributed by atoms with Gasteiger partial charge in [-0.15, -0.1) is 0 Å². The van der Waals surface area contributed by atoms with Crippen molar-refractivity contribution < 1.29 is 25.0 Å². The van der Waals surface area contributed by atoms with Gasteiger partial charge < -0.3 is 0 Å². The molecule has 19 aromatic rings. The van der Waals surface area contributed by atoms with Crippen molar-refractivity contribution in [2.75, 3.05) is 0 Å². The van der Waals surface area contributed by atoms with Crippen molar-refractivity contribution in [3.05, 3.63) is 426 Å². The van der Waals surface area contributed by atoms with E-state index in [-0.39, 0.29) is 16.7 Å². The quantitative estimate of drug-likeness (QED) is 0.146. The fraction of sp³-hybridized carbons (Fsp3) is 0. The van der Waals surface area contributed by atoms with Crippen LogP contribution in [-0.2, 0) is 10.6 Å². The van der Waals surface area contributed by atoms with E-state index in [1.807, 2.05) is 311 Å². The molecule has 12 aliphatic rings. The molecule has 138 heavy (non-hydrogen) atoms. The Bertz CT molecular complexity index is 8690. The standard InChI is InChI=1S/3C32H16N8.C9H6O6.3Ga/c3*1-2-10-18-17(9-1)25-33-26(18)38-28-21-13-5-6-14-22(21)30(35-28)40-32-24-16-8-7-15-23(24)31(36-32)39-29-20-12-4-3-11-19(20)27(34-29)37-25;10-7(11)4-1-5(8(12)13)3-6(2-4)9(14)15;;;/h3*1-16H;1-3H,(H,10,11)(H,12,13)(H,14,15);;;/q3*-2;;3*+3/p-3. The number of aliphatic imine (C=N–C) groups is 12. The molecule has 0 amide bonds. The first kappa shape index (κ1) is 75.8. The first-order chi connectivity index (χ1) is 68.1. The van der Waals surface area contributed by atoms with E-state index in [9.17, 15) is 0 Å². The van der Waals surface area contributed by atoms with Crippen LogP contribution in [0, 0.1) is 0 Å². The maximum atomic E-state index is 17.8. The fourth-order valence-electron chi connectivity index (χ4n) is 20.9. The average molecular weight is 1950 g/mol. The third-order valence-electron chi connectivity index (χ3n) is 27.1. The van der Waals surface area contributed by atoms with E-state index in [4.69, 9.17) is 100 Å². The fourth-order valence-corrected chi connectivity index (χ4v) is 36.0. The summed E-state index contributed by atoms with van der Waals surface area (Å²) in [6, 6.07) is 97.8. The zero-order valence-corrected chi connectivity index (χ0v) is 78.6. The summed E-state index contributed by atoms with van der Waals surface area (Å²) in [5.41, 5.74) is 9.99. The molecule has 0 spiro atoms. The molecule has 0 N–H and O–H groups in total. The normalized spacial score (nSPS) is 15.4. The summed E-state index contributed by atoms with van der Waals surface area (Å²) < 4.78 is 34.9. The molecule has 30 nitrogen and oxygen atoms in total. The molecule has 33 heteroatoms. The zero-order chi connectivity index (χ0) is 90.3. The number of hydrogen-bond acceptors (Lipinski definition) is 24. The molecule has 0 unspecified atom stereocenters. The Labute approximate surface area is 792 Å². The van der Waals surface area contributed by atoms with Crippen molar-refractivity contribution in [1.29, 1.82) is 0 Å². The molecule has 31 rings (SSSR count). The van der Waals surface area contributed by atoms with Crippen LogP contribution in [0.5, 0.6) is 0 Å². The number of rotatable bonds is 6. The van der Waals surface area contributed by atoms with Crippen LogP contribution in [-0.4, -0.2) is 159 Å². The molecule has 0 fully saturated rings. The molecule has 18 heterocycles. The van der Waals surface area contributed by atoms with Gasteiger partial charge in [-0.3, -0.25) is 0 Å². The van der Waals surface area contributed by atoms with E-state index in [1.54, 1.807) is 0 Å². The Morgan fingerprint density at radius 1 is 0.167 bits per heavy atom. The summed E-state index contributed by atoms with van der Waals surface area (Å²) in [5, 5.41) is 7.84. The molecule has 0 saturated heterocycles. The first-order valence-electron chi connectivity index (χ1n) is 44.6. The SMILES string of the molecule is O=C([O][Ga]1[n]2c3c4ccccc4c2N=C2N=C(N=c4c5ccccc5c([n]41)=NC1=NC(=N3)c3ccccc31)c1ccccc12)c1cc(C(=O)[O][Ga]2[n]3c4c5ccccc5c3N=C3N=C(N=c5c6ccccc6c([n]52)=NC2=NC(=N4)c4ccccc42)c2ccccc23)cc(C(=O)[O][Ga]2[n]3c4c5ccccc5c3N=C3N=C(N=c5c6ccccc6c([n]52)=NC2=NC(=N4)c4ccccc42)c2ccccc23)c1. The van der Waals surface area contributed by atoms with E-state index >= 15 is 14.4 Å². The van der Waals surface area contributed by atoms with Crippen LogP contribution in [0.15, 0.2) is 399 Å². The van der Waals surface area contributed by atoms with Crippen molar-refractivity contribution in [1.82, 2.24) is 19.6 Å². The number of carbonyl (C=O) groups is 3. The monoisotopic (exact) mass is 1950 g/mol. The van der Waals surface area contributed by atoms with Gasteiger partial charge in [0.2, 0.25) is 0 Å². The van der Waals surface area contributed by atoms with Crippen LogP contribution >= 0.6 is 0 Å². The van der Waals surface area contributed by atoms with Gasteiger partial charge in [-0.1, -0.05) is 0 Å². The number of carbonyl (C=O) groups excluding carboxylic acids is 3. The molecule has 0 radical (unpaired) electrons. The second kappa shape index (κ2) is 28.2. The van der Waals surface area contributed by atoms with Crippen molar-refractivity contribution in [3.8, 4) is 0 Å². The zero-order valence-electron chi connectivity index (χ0n) is 71.4. The van der Waals surface area contributed by atoms with E-state index in [2.05, 4.69) is 0 Å². The van der Waals surface area contributed by atoms with Crippen LogP contribution < -0.4 is 32.9 Å². The number of benzene rings is 13. The van der Waals surface area contributed by atoms with Gasteiger partial charge in [-0.25, -0.2) is 0 Å². The summed E-state index contributed by atoms with van der Waals surface area (Å²) in [6.07, 6.45) is 0. The van der Waals surface area contributed by atoms with Crippen molar-refractivity contribution in [3.63, 3.8) is 0 Å². The van der Waals surface area contributed by atoms with Gasteiger partial charge in [0.15, 0.2) is 0 Å². The third kappa shape index (κ3) is 10.7. The molecule has 0 aliphatic carbocycles. The summed E-state index contributed by atoms with van der Waals surface area (Å²) in [7, 11) is 0. The predicted octanol–water partition coefficient (Wildman–Crippen LogP) is 14.0.